The van der Waals surface area contributed by atoms with E-state index in [2.05, 4.69) is 6.58 Å². The highest BCUT2D eigenvalue weighted by molar-refractivity contribution is 6.32. The number of nitrogens with zero attached hydrogens (tertiary/aromatic N) is 1. The highest BCUT2D eigenvalue weighted by Crippen LogP contribution is 2.34. The van der Waals surface area contributed by atoms with Crippen molar-refractivity contribution in [3.8, 4) is 5.75 Å². The topological polar surface area (TPSA) is 12.5 Å². The van der Waals surface area contributed by atoms with Gasteiger partial charge in [0.25, 0.3) is 0 Å². The summed E-state index contributed by atoms with van der Waals surface area (Å²) >= 11 is 6.08. The Hall–Kier alpha value is -1.74. The Balaban J connectivity index is 2.35. The van der Waals surface area contributed by atoms with Crippen molar-refractivity contribution in [2.45, 2.75) is 20.3 Å². The van der Waals surface area contributed by atoms with E-state index in [1.54, 1.807) is 18.2 Å². The van der Waals surface area contributed by atoms with Gasteiger partial charge >= 0.3 is 0 Å². The van der Waals surface area contributed by atoms with Crippen LogP contribution >= 0.6 is 11.6 Å². The molecule has 1 aliphatic rings. The third kappa shape index (κ3) is 3.30. The van der Waals surface area contributed by atoms with E-state index in [4.69, 9.17) is 16.3 Å². The van der Waals surface area contributed by atoms with E-state index in [0.29, 0.717) is 35.2 Å². The van der Waals surface area contributed by atoms with E-state index in [9.17, 15) is 4.39 Å². The lowest BCUT2D eigenvalue weighted by molar-refractivity contribution is 0.315. The van der Waals surface area contributed by atoms with Gasteiger partial charge in [0.1, 0.15) is 11.6 Å². The number of halogens is 2. The summed E-state index contributed by atoms with van der Waals surface area (Å²) in [6.07, 6.45) is 4.44. The van der Waals surface area contributed by atoms with Crippen molar-refractivity contribution < 1.29 is 9.13 Å². The minimum Gasteiger partial charge on any atom is -0.494 e. The van der Waals surface area contributed by atoms with E-state index in [1.807, 2.05) is 24.8 Å². The Morgan fingerprint density at radius 3 is 2.67 bits per heavy atom. The van der Waals surface area contributed by atoms with Crippen LogP contribution in [-0.2, 0) is 0 Å². The van der Waals surface area contributed by atoms with Gasteiger partial charge in [0.2, 0.25) is 0 Å². The molecule has 0 N–H and O–H groups in total. The van der Waals surface area contributed by atoms with Crippen LogP contribution in [0.15, 0.2) is 47.7 Å². The van der Waals surface area contributed by atoms with Crippen LogP contribution in [0.1, 0.15) is 25.8 Å². The minimum atomic E-state index is -0.312. The van der Waals surface area contributed by atoms with Crippen molar-refractivity contribution in [1.29, 1.82) is 0 Å². The molecule has 1 heterocycles. The molecule has 0 bridgehead atoms. The summed E-state index contributed by atoms with van der Waals surface area (Å²) in [4.78, 5) is 1.90. The lowest BCUT2D eigenvalue weighted by Crippen LogP contribution is -2.23. The Morgan fingerprint density at radius 2 is 2.05 bits per heavy atom. The van der Waals surface area contributed by atoms with Crippen LogP contribution in [0.25, 0.3) is 5.70 Å². The Bertz CT molecular complexity index is 607. The molecule has 0 atom stereocenters. The van der Waals surface area contributed by atoms with Crippen LogP contribution in [-0.4, -0.2) is 18.1 Å². The first-order chi connectivity index (χ1) is 10.1. The largest absolute Gasteiger partial charge is 0.494 e. The number of benzene rings is 1. The normalized spacial score (nSPS) is 14.9. The smallest absolute Gasteiger partial charge is 0.136 e. The maximum absolute atomic E-state index is 14.4. The first-order valence-corrected chi connectivity index (χ1v) is 7.43. The Labute approximate surface area is 130 Å². The summed E-state index contributed by atoms with van der Waals surface area (Å²) in [5.74, 6) is 0.234. The van der Waals surface area contributed by atoms with Crippen LogP contribution in [0.4, 0.5) is 4.39 Å². The second-order valence-corrected chi connectivity index (χ2v) is 5.15. The van der Waals surface area contributed by atoms with Gasteiger partial charge in [-0.3, -0.25) is 0 Å². The monoisotopic (exact) mass is 307 g/mol. The van der Waals surface area contributed by atoms with Gasteiger partial charge in [-0.05, 0) is 37.6 Å². The zero-order valence-corrected chi connectivity index (χ0v) is 13.1. The van der Waals surface area contributed by atoms with Crippen molar-refractivity contribution >= 4 is 17.3 Å². The molecule has 0 aliphatic carbocycles. The molecule has 2 nitrogen and oxygen atoms in total. The average Bonchev–Trinajstić information content (AvgIpc) is 2.48. The maximum Gasteiger partial charge on any atom is 0.136 e. The number of ether oxygens (including phenoxy) is 1. The van der Waals surface area contributed by atoms with E-state index in [0.717, 1.165) is 12.1 Å². The van der Waals surface area contributed by atoms with E-state index in [1.165, 1.54) is 6.07 Å². The van der Waals surface area contributed by atoms with Crippen molar-refractivity contribution in [2.24, 2.45) is 0 Å². The first-order valence-electron chi connectivity index (χ1n) is 7.05. The zero-order chi connectivity index (χ0) is 15.4. The summed E-state index contributed by atoms with van der Waals surface area (Å²) in [5, 5.41) is 0.573. The predicted octanol–water partition coefficient (Wildman–Crippen LogP) is 4.93. The quantitative estimate of drug-likeness (QED) is 0.765. The van der Waals surface area contributed by atoms with Gasteiger partial charge in [-0.2, -0.15) is 0 Å². The lowest BCUT2D eigenvalue weighted by Gasteiger charge is -2.30. The minimum absolute atomic E-state index is 0.312. The van der Waals surface area contributed by atoms with Gasteiger partial charge in [0.15, 0.2) is 0 Å². The Kier molecular flexibility index (Phi) is 5.07. The molecule has 0 unspecified atom stereocenters. The third-order valence-corrected chi connectivity index (χ3v) is 3.63. The first kappa shape index (κ1) is 15.6. The molecule has 0 saturated carbocycles. The molecular formula is C17H19ClFNO. The van der Waals surface area contributed by atoms with Crippen LogP contribution < -0.4 is 4.74 Å². The molecule has 1 aliphatic heterocycles. The molecule has 0 fully saturated rings. The van der Waals surface area contributed by atoms with Gasteiger partial charge in [0, 0.05) is 18.2 Å². The summed E-state index contributed by atoms with van der Waals surface area (Å²) in [5.41, 5.74) is 1.95. The van der Waals surface area contributed by atoms with Crippen LogP contribution in [0.2, 0.25) is 0 Å². The molecule has 112 valence electrons. The molecule has 21 heavy (non-hydrogen) atoms. The molecule has 0 amide bonds. The standard InChI is InChI=1S/C17H19ClFNO/c1-4-10-21-13-6-7-14(16(19)11-13)17-9-8-15(18)12(3)20(17)5-2/h6-9,11H,3-5,10H2,1-2H3. The lowest BCUT2D eigenvalue weighted by atomic mass is 10.1. The van der Waals surface area contributed by atoms with E-state index in [-0.39, 0.29) is 5.82 Å². The molecule has 1 aromatic carbocycles. The fourth-order valence-corrected chi connectivity index (χ4v) is 2.39. The number of allylic oxidation sites excluding steroid dienone is 3. The molecule has 0 radical (unpaired) electrons. The zero-order valence-electron chi connectivity index (χ0n) is 12.3. The SMILES string of the molecule is C=C1C(Cl)=CC=C(c2ccc(OCCC)cc2F)N1CC. The molecule has 1 aromatic rings. The molecule has 4 heteroatoms. The highest BCUT2D eigenvalue weighted by atomic mass is 35.5. The molecule has 0 aromatic heterocycles. The number of likely N-dealkylation sites (N-methyl/N-ethyl adjacent to an activating group) is 1. The van der Waals surface area contributed by atoms with Crippen LogP contribution in [0.5, 0.6) is 5.75 Å². The van der Waals surface area contributed by atoms with Crippen LogP contribution in [0, 0.1) is 5.82 Å². The summed E-state index contributed by atoms with van der Waals surface area (Å²) in [6.45, 7) is 9.19. The van der Waals surface area contributed by atoms with Crippen molar-refractivity contribution in [2.75, 3.05) is 13.2 Å². The molecular weight excluding hydrogens is 289 g/mol. The number of rotatable bonds is 5. The molecule has 0 saturated heterocycles. The molecule has 2 rings (SSSR count). The summed E-state index contributed by atoms with van der Waals surface area (Å²) in [7, 11) is 0. The number of hydrogen-bond donors (Lipinski definition) is 0. The summed E-state index contributed by atoms with van der Waals surface area (Å²) < 4.78 is 19.8. The fraction of sp³-hybridized carbons (Fsp3) is 0.294. The maximum atomic E-state index is 14.4. The van der Waals surface area contributed by atoms with Gasteiger partial charge in [0.05, 0.1) is 23.0 Å². The van der Waals surface area contributed by atoms with Crippen LogP contribution in [0.3, 0.4) is 0 Å². The third-order valence-electron chi connectivity index (χ3n) is 3.29. The average molecular weight is 308 g/mol. The second-order valence-electron chi connectivity index (χ2n) is 4.75. The predicted molar refractivity (Wildman–Crippen MR) is 85.6 cm³/mol. The van der Waals surface area contributed by atoms with Gasteiger partial charge < -0.3 is 9.64 Å². The van der Waals surface area contributed by atoms with E-state index >= 15 is 0 Å². The van der Waals surface area contributed by atoms with Gasteiger partial charge in [-0.1, -0.05) is 25.1 Å². The van der Waals surface area contributed by atoms with Gasteiger partial charge in [-0.15, -0.1) is 0 Å². The second kappa shape index (κ2) is 6.81. The van der Waals surface area contributed by atoms with E-state index < -0.39 is 0 Å². The van der Waals surface area contributed by atoms with Crippen molar-refractivity contribution in [1.82, 2.24) is 4.90 Å². The number of hydrogen-bond acceptors (Lipinski definition) is 2. The fourth-order valence-electron chi connectivity index (χ4n) is 2.22. The Morgan fingerprint density at radius 1 is 1.29 bits per heavy atom. The van der Waals surface area contributed by atoms with Gasteiger partial charge in [-0.25, -0.2) is 4.39 Å². The van der Waals surface area contributed by atoms with Crippen molar-refractivity contribution in [3.05, 3.63) is 59.0 Å². The summed E-state index contributed by atoms with van der Waals surface area (Å²) in [6, 6.07) is 4.93. The van der Waals surface area contributed by atoms with Crippen molar-refractivity contribution in [3.63, 3.8) is 0 Å². The molecule has 0 spiro atoms. The highest BCUT2D eigenvalue weighted by Gasteiger charge is 2.21.